The summed E-state index contributed by atoms with van der Waals surface area (Å²) >= 11 is 6.17. The van der Waals surface area contributed by atoms with Crippen LogP contribution in [-0.2, 0) is 4.79 Å². The number of hydrogen-bond acceptors (Lipinski definition) is 3. The van der Waals surface area contributed by atoms with E-state index in [0.29, 0.717) is 10.6 Å². The lowest BCUT2D eigenvalue weighted by molar-refractivity contribution is -0.117. The quantitative estimate of drug-likeness (QED) is 0.620. The van der Waals surface area contributed by atoms with Crippen molar-refractivity contribution in [3.05, 3.63) is 64.4 Å². The molecule has 1 heterocycles. The molecule has 3 aromatic rings. The van der Waals surface area contributed by atoms with Gasteiger partial charge < -0.3 is 15.1 Å². The molecule has 1 unspecified atom stereocenters. The van der Waals surface area contributed by atoms with Gasteiger partial charge >= 0.3 is 0 Å². The van der Waals surface area contributed by atoms with Crippen LogP contribution in [-0.4, -0.2) is 11.8 Å². The van der Waals surface area contributed by atoms with E-state index >= 15 is 0 Å². The van der Waals surface area contributed by atoms with Gasteiger partial charge in [0.1, 0.15) is 0 Å². The van der Waals surface area contributed by atoms with Gasteiger partial charge in [-0.3, -0.25) is 9.59 Å². The Hall–Kier alpha value is -2.79. The van der Waals surface area contributed by atoms with Crippen LogP contribution in [0.1, 0.15) is 47.5 Å². The topological polar surface area (TPSA) is 71.3 Å². The molecule has 0 aliphatic heterocycles. The third kappa shape index (κ3) is 3.62. The van der Waals surface area contributed by atoms with Gasteiger partial charge in [-0.25, -0.2) is 0 Å². The van der Waals surface area contributed by atoms with Gasteiger partial charge in [0.2, 0.25) is 5.91 Å². The number of para-hydroxylation sites is 1. The molecule has 0 saturated heterocycles. The van der Waals surface area contributed by atoms with Crippen molar-refractivity contribution in [2.75, 3.05) is 5.32 Å². The van der Waals surface area contributed by atoms with E-state index in [1.165, 1.54) is 0 Å². The van der Waals surface area contributed by atoms with E-state index in [0.717, 1.165) is 35.0 Å². The van der Waals surface area contributed by atoms with Gasteiger partial charge in [0.05, 0.1) is 11.1 Å². The molecule has 1 atom stereocenters. The van der Waals surface area contributed by atoms with Gasteiger partial charge in [0, 0.05) is 22.6 Å². The van der Waals surface area contributed by atoms with Gasteiger partial charge in [0.15, 0.2) is 11.3 Å². The van der Waals surface area contributed by atoms with Crippen LogP contribution in [0.4, 0.5) is 5.69 Å². The predicted octanol–water partition coefficient (Wildman–Crippen LogP) is 5.23. The second-order valence-corrected chi connectivity index (χ2v) is 7.66. The van der Waals surface area contributed by atoms with Crippen molar-refractivity contribution < 1.29 is 14.0 Å². The minimum absolute atomic E-state index is 0.0770. The maximum atomic E-state index is 12.7. The molecule has 0 spiro atoms. The van der Waals surface area contributed by atoms with E-state index in [1.54, 1.807) is 6.07 Å². The predicted molar refractivity (Wildman–Crippen MR) is 110 cm³/mol. The Labute approximate surface area is 168 Å². The molecule has 4 rings (SSSR count). The summed E-state index contributed by atoms with van der Waals surface area (Å²) in [4.78, 5) is 24.6. The molecule has 5 nitrogen and oxygen atoms in total. The number of benzene rings is 2. The minimum Gasteiger partial charge on any atom is -0.449 e. The zero-order chi connectivity index (χ0) is 19.8. The first-order valence-electron chi connectivity index (χ1n) is 9.33. The average molecular weight is 397 g/mol. The van der Waals surface area contributed by atoms with Gasteiger partial charge in [-0.1, -0.05) is 35.9 Å². The Morgan fingerprint density at radius 3 is 2.50 bits per heavy atom. The number of carbonyl (C=O) groups is 2. The van der Waals surface area contributed by atoms with Crippen molar-refractivity contribution in [2.24, 2.45) is 5.92 Å². The van der Waals surface area contributed by atoms with Crippen LogP contribution in [0.2, 0.25) is 5.02 Å². The van der Waals surface area contributed by atoms with E-state index in [4.69, 9.17) is 16.0 Å². The summed E-state index contributed by atoms with van der Waals surface area (Å²) in [5, 5.41) is 7.19. The zero-order valence-electron chi connectivity index (χ0n) is 15.7. The van der Waals surface area contributed by atoms with Crippen molar-refractivity contribution in [1.82, 2.24) is 5.32 Å². The third-order valence-corrected chi connectivity index (χ3v) is 5.39. The number of nitrogens with one attached hydrogen (secondary N) is 2. The number of carbonyl (C=O) groups excluding carboxylic acids is 2. The van der Waals surface area contributed by atoms with Gasteiger partial charge in [0.25, 0.3) is 5.91 Å². The van der Waals surface area contributed by atoms with Crippen molar-refractivity contribution in [1.29, 1.82) is 0 Å². The fourth-order valence-corrected chi connectivity index (χ4v) is 3.43. The van der Waals surface area contributed by atoms with Crippen LogP contribution in [0.5, 0.6) is 0 Å². The van der Waals surface area contributed by atoms with Crippen LogP contribution < -0.4 is 10.6 Å². The Balaban J connectivity index is 1.46. The number of aryl methyl sites for hydroxylation is 1. The number of rotatable bonds is 5. The van der Waals surface area contributed by atoms with Crippen molar-refractivity contribution in [3.8, 4) is 0 Å². The molecule has 144 valence electrons. The molecular weight excluding hydrogens is 376 g/mol. The summed E-state index contributed by atoms with van der Waals surface area (Å²) in [5.74, 6) is 0.221. The molecule has 1 aromatic heterocycles. The fraction of sp³-hybridized carbons (Fsp3) is 0.273. The highest BCUT2D eigenvalue weighted by Gasteiger charge is 2.29. The number of furan rings is 1. The Bertz CT molecular complexity index is 1050. The SMILES string of the molecule is Cc1c(C(=O)NC(C)c2ccc(NC(=O)C3CC3)cc2)oc2c(Cl)cccc12. The molecule has 2 N–H and O–H groups in total. The minimum atomic E-state index is -0.289. The molecule has 2 amide bonds. The lowest BCUT2D eigenvalue weighted by atomic mass is 10.1. The first kappa shape index (κ1) is 18.6. The molecular formula is C22H21ClN2O3. The lowest BCUT2D eigenvalue weighted by Crippen LogP contribution is -2.26. The molecule has 6 heteroatoms. The normalized spacial score (nSPS) is 14.7. The maximum Gasteiger partial charge on any atom is 0.287 e. The highest BCUT2D eigenvalue weighted by molar-refractivity contribution is 6.35. The van der Waals surface area contributed by atoms with Gasteiger partial charge in [-0.05, 0) is 50.5 Å². The number of hydrogen-bond donors (Lipinski definition) is 2. The van der Waals surface area contributed by atoms with Crippen LogP contribution in [0.15, 0.2) is 46.9 Å². The number of halogens is 1. The summed E-state index contributed by atoms with van der Waals surface area (Å²) in [6.45, 7) is 3.75. The fourth-order valence-electron chi connectivity index (χ4n) is 3.22. The molecule has 1 saturated carbocycles. The van der Waals surface area contributed by atoms with Crippen LogP contribution in [0, 0.1) is 12.8 Å². The van der Waals surface area contributed by atoms with Crippen LogP contribution >= 0.6 is 11.6 Å². The standard InChI is InChI=1S/C22H21ClN2O3/c1-12-17-4-3-5-18(23)20(17)28-19(12)22(27)24-13(2)14-8-10-16(11-9-14)25-21(26)15-6-7-15/h3-5,8-11,13,15H,6-7H2,1-2H3,(H,24,27)(H,25,26). The summed E-state index contributed by atoms with van der Waals surface area (Å²) in [7, 11) is 0. The molecule has 1 aliphatic rings. The summed E-state index contributed by atoms with van der Waals surface area (Å²) in [6, 6.07) is 12.7. The highest BCUT2D eigenvalue weighted by atomic mass is 35.5. The second-order valence-electron chi connectivity index (χ2n) is 7.25. The second kappa shape index (κ2) is 7.32. The summed E-state index contributed by atoms with van der Waals surface area (Å²) in [5.41, 5.74) is 2.99. The Morgan fingerprint density at radius 1 is 1.14 bits per heavy atom. The molecule has 1 fully saturated rings. The number of fused-ring (bicyclic) bond motifs is 1. The smallest absolute Gasteiger partial charge is 0.287 e. The largest absolute Gasteiger partial charge is 0.449 e. The van der Waals surface area contributed by atoms with Crippen LogP contribution in [0.3, 0.4) is 0 Å². The van der Waals surface area contributed by atoms with E-state index in [9.17, 15) is 9.59 Å². The van der Waals surface area contributed by atoms with E-state index in [2.05, 4.69) is 10.6 Å². The van der Waals surface area contributed by atoms with E-state index < -0.39 is 0 Å². The maximum absolute atomic E-state index is 12.7. The van der Waals surface area contributed by atoms with E-state index in [1.807, 2.05) is 50.2 Å². The van der Waals surface area contributed by atoms with Crippen molar-refractivity contribution in [2.45, 2.75) is 32.7 Å². The molecule has 28 heavy (non-hydrogen) atoms. The monoisotopic (exact) mass is 396 g/mol. The molecule has 0 radical (unpaired) electrons. The summed E-state index contributed by atoms with van der Waals surface area (Å²) < 4.78 is 5.73. The molecule has 1 aliphatic carbocycles. The Kier molecular flexibility index (Phi) is 4.85. The van der Waals surface area contributed by atoms with Crippen molar-refractivity contribution in [3.63, 3.8) is 0 Å². The number of amides is 2. The Morgan fingerprint density at radius 2 is 1.86 bits per heavy atom. The zero-order valence-corrected chi connectivity index (χ0v) is 16.5. The lowest BCUT2D eigenvalue weighted by Gasteiger charge is -2.14. The highest BCUT2D eigenvalue weighted by Crippen LogP contribution is 2.31. The van der Waals surface area contributed by atoms with E-state index in [-0.39, 0.29) is 29.5 Å². The first-order chi connectivity index (χ1) is 13.4. The van der Waals surface area contributed by atoms with Gasteiger partial charge in [-0.15, -0.1) is 0 Å². The number of anilines is 1. The first-order valence-corrected chi connectivity index (χ1v) is 9.71. The van der Waals surface area contributed by atoms with Crippen LogP contribution in [0.25, 0.3) is 11.0 Å². The third-order valence-electron chi connectivity index (χ3n) is 5.10. The molecule has 0 bridgehead atoms. The van der Waals surface area contributed by atoms with Gasteiger partial charge in [-0.2, -0.15) is 0 Å². The molecule has 2 aromatic carbocycles. The summed E-state index contributed by atoms with van der Waals surface area (Å²) in [6.07, 6.45) is 1.94. The van der Waals surface area contributed by atoms with Crippen molar-refractivity contribution >= 4 is 40.1 Å². The average Bonchev–Trinajstić information content (AvgIpc) is 3.47.